The van der Waals surface area contributed by atoms with Crippen LogP contribution >= 0.6 is 0 Å². The van der Waals surface area contributed by atoms with Gasteiger partial charge in [-0.15, -0.1) is 0 Å². The molecule has 0 unspecified atom stereocenters. The van der Waals surface area contributed by atoms with Crippen LogP contribution in [0, 0.1) is 10.1 Å². The highest BCUT2D eigenvalue weighted by Crippen LogP contribution is 2.29. The second-order valence-electron chi connectivity index (χ2n) is 5.37. The van der Waals surface area contributed by atoms with Crippen molar-refractivity contribution in [3.05, 3.63) is 81.0 Å². The summed E-state index contributed by atoms with van der Waals surface area (Å²) in [5.41, 5.74) is 0.672. The fourth-order valence-corrected chi connectivity index (χ4v) is 2.79. The number of non-ortho nitro benzene ring substituents is 1. The highest BCUT2D eigenvalue weighted by Gasteiger charge is 2.21. The number of nitro groups is 1. The lowest BCUT2D eigenvalue weighted by Crippen LogP contribution is -2.08. The average Bonchev–Trinajstić information content (AvgIpc) is 3.08. The third-order valence-electron chi connectivity index (χ3n) is 3.90. The Hall–Kier alpha value is -3.48. The van der Waals surface area contributed by atoms with Crippen LogP contribution < -0.4 is 5.43 Å². The first-order valence-electron chi connectivity index (χ1n) is 7.23. The molecule has 0 bridgehead atoms. The molecular formula is C17H11N3O4. The fraction of sp³-hybridized carbons (Fsp3) is 0.0588. The third-order valence-corrected chi connectivity index (χ3v) is 3.90. The monoisotopic (exact) mass is 321 g/mol. The van der Waals surface area contributed by atoms with Gasteiger partial charge in [0.25, 0.3) is 5.69 Å². The van der Waals surface area contributed by atoms with Crippen molar-refractivity contribution in [1.82, 2.24) is 9.55 Å². The molecule has 2 aromatic heterocycles. The predicted octanol–water partition coefficient (Wildman–Crippen LogP) is 3.10. The Morgan fingerprint density at radius 3 is 2.79 bits per heavy atom. The van der Waals surface area contributed by atoms with Crippen LogP contribution in [0.25, 0.3) is 21.9 Å². The fourth-order valence-electron chi connectivity index (χ4n) is 2.79. The van der Waals surface area contributed by atoms with E-state index in [1.54, 1.807) is 53.6 Å². The van der Waals surface area contributed by atoms with E-state index in [0.717, 1.165) is 0 Å². The van der Waals surface area contributed by atoms with Gasteiger partial charge in [0, 0.05) is 24.0 Å². The molecule has 4 aromatic rings. The molecule has 2 heterocycles. The number of nitrogens with zero attached hydrogens (tertiary/aromatic N) is 3. The molecule has 2 aromatic carbocycles. The topological polar surface area (TPSA) is 91.2 Å². The van der Waals surface area contributed by atoms with Crippen LogP contribution in [0.4, 0.5) is 5.69 Å². The number of nitro benzene ring substituents is 1. The first-order valence-corrected chi connectivity index (χ1v) is 7.23. The van der Waals surface area contributed by atoms with Crippen LogP contribution in [0.15, 0.2) is 64.3 Å². The number of para-hydroxylation sites is 1. The Kier molecular flexibility index (Phi) is 3.13. The van der Waals surface area contributed by atoms with Gasteiger partial charge < -0.3 is 8.98 Å². The molecule has 118 valence electrons. The van der Waals surface area contributed by atoms with Crippen molar-refractivity contribution in [2.24, 2.45) is 0 Å². The van der Waals surface area contributed by atoms with Gasteiger partial charge in [0.05, 0.1) is 23.2 Å². The Labute approximate surface area is 134 Å². The summed E-state index contributed by atoms with van der Waals surface area (Å²) in [5, 5.41) is 11.7. The molecule has 0 aliphatic rings. The Balaban J connectivity index is 2.10. The second kappa shape index (κ2) is 5.31. The van der Waals surface area contributed by atoms with Gasteiger partial charge in [-0.25, -0.2) is 4.98 Å². The van der Waals surface area contributed by atoms with Gasteiger partial charge in [0.2, 0.25) is 5.43 Å². The van der Waals surface area contributed by atoms with E-state index in [-0.39, 0.29) is 16.7 Å². The Morgan fingerprint density at radius 1 is 1.21 bits per heavy atom. The minimum atomic E-state index is -0.560. The van der Waals surface area contributed by atoms with E-state index in [1.807, 2.05) is 0 Å². The molecule has 0 N–H and O–H groups in total. The standard InChI is InChI=1S/C17H11N3O4/c21-16-12-3-1-2-4-14(12)24-17-11(9-19-8-7-18-10-19)5-6-13(15(16)17)20(22)23/h1-8,10H,9H2. The summed E-state index contributed by atoms with van der Waals surface area (Å²) in [4.78, 5) is 27.5. The van der Waals surface area contributed by atoms with E-state index in [1.165, 1.54) is 6.07 Å². The zero-order chi connectivity index (χ0) is 16.7. The summed E-state index contributed by atoms with van der Waals surface area (Å²) in [6.07, 6.45) is 5.04. The van der Waals surface area contributed by atoms with Crippen LogP contribution in [0.5, 0.6) is 0 Å². The lowest BCUT2D eigenvalue weighted by Gasteiger charge is -2.08. The summed E-state index contributed by atoms with van der Waals surface area (Å²) in [5.74, 6) is 0. The maximum atomic E-state index is 12.8. The van der Waals surface area contributed by atoms with Crippen LogP contribution in [-0.4, -0.2) is 14.5 Å². The smallest absolute Gasteiger partial charge is 0.284 e. The number of fused-ring (bicyclic) bond motifs is 2. The molecule has 0 amide bonds. The van der Waals surface area contributed by atoms with E-state index in [4.69, 9.17) is 4.42 Å². The molecule has 7 nitrogen and oxygen atoms in total. The quantitative estimate of drug-likeness (QED) is 0.328. The van der Waals surface area contributed by atoms with Crippen LogP contribution in [0.2, 0.25) is 0 Å². The van der Waals surface area contributed by atoms with Gasteiger partial charge in [-0.2, -0.15) is 0 Å². The minimum absolute atomic E-state index is 0.00341. The first kappa shape index (κ1) is 14.1. The zero-order valence-electron chi connectivity index (χ0n) is 12.4. The minimum Gasteiger partial charge on any atom is -0.455 e. The molecular weight excluding hydrogens is 310 g/mol. The molecule has 0 atom stereocenters. The highest BCUT2D eigenvalue weighted by atomic mass is 16.6. The number of hydrogen-bond donors (Lipinski definition) is 0. The van der Waals surface area contributed by atoms with Gasteiger partial charge in [0.1, 0.15) is 11.0 Å². The van der Waals surface area contributed by atoms with E-state index in [0.29, 0.717) is 23.1 Å². The highest BCUT2D eigenvalue weighted by molar-refractivity contribution is 5.96. The van der Waals surface area contributed by atoms with Gasteiger partial charge in [-0.1, -0.05) is 12.1 Å². The summed E-state index contributed by atoms with van der Waals surface area (Å²) in [6.45, 7) is 0.399. The van der Waals surface area contributed by atoms with E-state index in [2.05, 4.69) is 4.98 Å². The number of rotatable bonds is 3. The summed E-state index contributed by atoms with van der Waals surface area (Å²) in [6, 6.07) is 9.69. The predicted molar refractivity (Wildman–Crippen MR) is 88.0 cm³/mol. The number of imidazole rings is 1. The van der Waals surface area contributed by atoms with Crippen molar-refractivity contribution in [2.45, 2.75) is 6.54 Å². The number of hydrogen-bond acceptors (Lipinski definition) is 5. The lowest BCUT2D eigenvalue weighted by molar-refractivity contribution is -0.383. The zero-order valence-corrected chi connectivity index (χ0v) is 12.4. The molecule has 7 heteroatoms. The van der Waals surface area contributed by atoms with Gasteiger partial charge in [0.15, 0.2) is 5.58 Å². The largest absolute Gasteiger partial charge is 0.455 e. The molecule has 0 saturated heterocycles. The molecule has 24 heavy (non-hydrogen) atoms. The molecule has 0 aliphatic carbocycles. The second-order valence-corrected chi connectivity index (χ2v) is 5.37. The van der Waals surface area contributed by atoms with Crippen molar-refractivity contribution in [3.63, 3.8) is 0 Å². The third kappa shape index (κ3) is 2.14. The van der Waals surface area contributed by atoms with Gasteiger partial charge >= 0.3 is 0 Å². The number of aromatic nitrogens is 2. The molecule has 0 aliphatic heterocycles. The SMILES string of the molecule is O=c1c2ccccc2oc2c(Cn3ccnc3)ccc([N+](=O)[O-])c12. The van der Waals surface area contributed by atoms with Gasteiger partial charge in [-0.3, -0.25) is 14.9 Å². The van der Waals surface area contributed by atoms with Crippen molar-refractivity contribution in [1.29, 1.82) is 0 Å². The van der Waals surface area contributed by atoms with Crippen LogP contribution in [0.3, 0.4) is 0 Å². The Morgan fingerprint density at radius 2 is 2.04 bits per heavy atom. The van der Waals surface area contributed by atoms with Crippen molar-refractivity contribution in [2.75, 3.05) is 0 Å². The summed E-state index contributed by atoms with van der Waals surface area (Å²) in [7, 11) is 0. The van der Waals surface area contributed by atoms with Crippen LogP contribution in [-0.2, 0) is 6.54 Å². The average molecular weight is 321 g/mol. The number of benzene rings is 2. The molecule has 0 fully saturated rings. The summed E-state index contributed by atoms with van der Waals surface area (Å²) < 4.78 is 7.66. The van der Waals surface area contributed by atoms with E-state index < -0.39 is 10.4 Å². The van der Waals surface area contributed by atoms with Gasteiger partial charge in [-0.05, 0) is 18.2 Å². The van der Waals surface area contributed by atoms with Crippen molar-refractivity contribution >= 4 is 27.6 Å². The molecule has 0 spiro atoms. The van der Waals surface area contributed by atoms with E-state index >= 15 is 0 Å². The normalized spacial score (nSPS) is 11.2. The maximum absolute atomic E-state index is 12.8. The van der Waals surface area contributed by atoms with Crippen molar-refractivity contribution in [3.8, 4) is 0 Å². The Bertz CT molecular complexity index is 1130. The molecule has 0 saturated carbocycles. The van der Waals surface area contributed by atoms with Crippen LogP contribution in [0.1, 0.15) is 5.56 Å². The first-order chi connectivity index (χ1) is 11.6. The van der Waals surface area contributed by atoms with Crippen molar-refractivity contribution < 1.29 is 9.34 Å². The van der Waals surface area contributed by atoms with E-state index in [9.17, 15) is 14.9 Å². The summed E-state index contributed by atoms with van der Waals surface area (Å²) >= 11 is 0. The maximum Gasteiger partial charge on any atom is 0.284 e. The lowest BCUT2D eigenvalue weighted by atomic mass is 10.1. The molecule has 4 rings (SSSR count). The molecule has 0 radical (unpaired) electrons.